The van der Waals surface area contributed by atoms with Crippen molar-refractivity contribution in [3.63, 3.8) is 0 Å². The summed E-state index contributed by atoms with van der Waals surface area (Å²) in [6.07, 6.45) is 0.554. The number of H-pyrrole nitrogens is 1. The molecule has 3 heterocycles. The topological polar surface area (TPSA) is 241 Å². The highest BCUT2D eigenvalue weighted by atomic mass is 31.2. The van der Waals surface area contributed by atoms with Crippen molar-refractivity contribution < 1.29 is 43.1 Å². The van der Waals surface area contributed by atoms with Crippen molar-refractivity contribution in [2.75, 3.05) is 4.90 Å². The van der Waals surface area contributed by atoms with Gasteiger partial charge in [0.05, 0.1) is 5.69 Å². The number of carbonyl (C=O) groups is 6. The average Bonchev–Trinajstić information content (AvgIpc) is 3.74. The molecule has 16 heteroatoms. The highest BCUT2D eigenvalue weighted by Gasteiger charge is 2.45. The Hall–Kier alpha value is -5.63. The maximum Gasteiger partial charge on any atom is 0.396 e. The SMILES string of the molecule is CC(C)c1ccc(CNC(=O)[C@H](CCC(N)=O)NC(=O)[C@@H]2Cc3cc(C(C)C)cc4c3N2C(=O)[C@@H](NC(=O)c2cc3cc(C(=O)P(=O)(O)O)ccc3[nH]2)CC4)cc1. The van der Waals surface area contributed by atoms with Gasteiger partial charge in [-0.05, 0) is 83.2 Å². The van der Waals surface area contributed by atoms with Crippen LogP contribution >= 0.6 is 7.60 Å². The molecule has 300 valence electrons. The van der Waals surface area contributed by atoms with Crippen LogP contribution in [0, 0.1) is 0 Å². The second kappa shape index (κ2) is 16.5. The first-order valence-corrected chi connectivity index (χ1v) is 20.5. The highest BCUT2D eigenvalue weighted by molar-refractivity contribution is 7.70. The Labute approximate surface area is 329 Å². The number of nitrogens with zero attached hydrogens (tertiary/aromatic N) is 1. The summed E-state index contributed by atoms with van der Waals surface area (Å²) < 4.78 is 11.5. The molecule has 0 saturated heterocycles. The van der Waals surface area contributed by atoms with E-state index in [2.05, 4.69) is 34.8 Å². The Morgan fingerprint density at radius 2 is 1.61 bits per heavy atom. The zero-order valence-corrected chi connectivity index (χ0v) is 33.0. The number of nitrogens with one attached hydrogen (secondary N) is 4. The van der Waals surface area contributed by atoms with E-state index in [9.17, 15) is 43.1 Å². The summed E-state index contributed by atoms with van der Waals surface area (Å²) >= 11 is 0. The van der Waals surface area contributed by atoms with Gasteiger partial charge in [-0.15, -0.1) is 0 Å². The predicted octanol–water partition coefficient (Wildman–Crippen LogP) is 3.80. The summed E-state index contributed by atoms with van der Waals surface area (Å²) in [4.78, 5) is 103. The van der Waals surface area contributed by atoms with E-state index in [0.29, 0.717) is 28.9 Å². The number of rotatable bonds is 14. The normalized spacial score (nSPS) is 17.0. The minimum absolute atomic E-state index is 0.0398. The predicted molar refractivity (Wildman–Crippen MR) is 212 cm³/mol. The lowest BCUT2D eigenvalue weighted by Gasteiger charge is -2.29. The maximum atomic E-state index is 14.5. The molecule has 2 aliphatic heterocycles. The summed E-state index contributed by atoms with van der Waals surface area (Å²) in [6, 6.07) is 13.9. The second-order valence-electron chi connectivity index (χ2n) is 15.3. The molecule has 3 aromatic carbocycles. The molecule has 0 aliphatic carbocycles. The van der Waals surface area contributed by atoms with Crippen LogP contribution in [0.3, 0.4) is 0 Å². The lowest BCUT2D eigenvalue weighted by molar-refractivity contribution is -0.131. The van der Waals surface area contributed by atoms with Crippen LogP contribution in [-0.4, -0.2) is 68.0 Å². The molecule has 3 atom stereocenters. The van der Waals surface area contributed by atoms with Crippen LogP contribution in [0.4, 0.5) is 5.69 Å². The van der Waals surface area contributed by atoms with Crippen molar-refractivity contribution in [2.45, 2.75) is 96.3 Å². The minimum Gasteiger partial charge on any atom is -0.370 e. The fourth-order valence-corrected chi connectivity index (χ4v) is 7.85. The molecule has 1 aromatic heterocycles. The first-order chi connectivity index (χ1) is 26.9. The lowest BCUT2D eigenvalue weighted by atomic mass is 9.93. The summed E-state index contributed by atoms with van der Waals surface area (Å²) in [5.74, 6) is -2.45. The van der Waals surface area contributed by atoms with E-state index in [1.165, 1.54) is 29.2 Å². The van der Waals surface area contributed by atoms with Crippen molar-refractivity contribution >= 4 is 59.2 Å². The number of benzene rings is 3. The van der Waals surface area contributed by atoms with Gasteiger partial charge in [0, 0.05) is 35.9 Å². The molecular formula is C41H47N6O9P. The molecule has 0 unspecified atom stereocenters. The van der Waals surface area contributed by atoms with Gasteiger partial charge in [-0.2, -0.15) is 0 Å². The van der Waals surface area contributed by atoms with Crippen LogP contribution in [0.2, 0.25) is 0 Å². The molecule has 0 saturated carbocycles. The fourth-order valence-electron chi connectivity index (χ4n) is 7.38. The number of aryl methyl sites for hydroxylation is 1. The van der Waals surface area contributed by atoms with Gasteiger partial charge in [0.2, 0.25) is 23.6 Å². The number of primary amides is 1. The van der Waals surface area contributed by atoms with Gasteiger partial charge in [0.15, 0.2) is 0 Å². The van der Waals surface area contributed by atoms with Gasteiger partial charge in [-0.25, -0.2) is 0 Å². The zero-order chi connectivity index (χ0) is 41.3. The number of carbonyl (C=O) groups excluding carboxylic acids is 6. The Bertz CT molecular complexity index is 2310. The highest BCUT2D eigenvalue weighted by Crippen LogP contribution is 2.42. The van der Waals surface area contributed by atoms with Crippen molar-refractivity contribution in [3.05, 3.63) is 99.7 Å². The number of hydrogen-bond acceptors (Lipinski definition) is 7. The van der Waals surface area contributed by atoms with E-state index < -0.39 is 60.8 Å². The Morgan fingerprint density at radius 3 is 2.26 bits per heavy atom. The average molecular weight is 799 g/mol. The number of fused-ring (bicyclic) bond motifs is 1. The smallest absolute Gasteiger partial charge is 0.370 e. The quantitative estimate of drug-likeness (QED) is 0.0917. The molecule has 0 bridgehead atoms. The third-order valence-electron chi connectivity index (χ3n) is 10.6. The molecule has 6 rings (SSSR count). The zero-order valence-electron chi connectivity index (χ0n) is 32.1. The van der Waals surface area contributed by atoms with E-state index in [4.69, 9.17) is 5.73 Å². The fraction of sp³-hybridized carbons (Fsp3) is 0.366. The van der Waals surface area contributed by atoms with Crippen LogP contribution in [0.25, 0.3) is 10.9 Å². The Balaban J connectivity index is 1.24. The Morgan fingerprint density at radius 1 is 0.930 bits per heavy atom. The van der Waals surface area contributed by atoms with E-state index in [-0.39, 0.29) is 49.4 Å². The van der Waals surface area contributed by atoms with Crippen molar-refractivity contribution in [3.8, 4) is 0 Å². The largest absolute Gasteiger partial charge is 0.396 e. The molecule has 0 radical (unpaired) electrons. The van der Waals surface area contributed by atoms with E-state index >= 15 is 0 Å². The van der Waals surface area contributed by atoms with Crippen LogP contribution in [-0.2, 0) is 43.1 Å². The summed E-state index contributed by atoms with van der Waals surface area (Å²) in [5, 5.41) is 8.79. The first kappa shape index (κ1) is 41.0. The number of nitrogens with two attached hydrogens (primary N) is 1. The maximum absolute atomic E-state index is 14.5. The molecular weight excluding hydrogens is 751 g/mol. The molecule has 8 N–H and O–H groups in total. The first-order valence-electron chi connectivity index (χ1n) is 18.9. The third-order valence-corrected chi connectivity index (χ3v) is 11.4. The monoisotopic (exact) mass is 798 g/mol. The second-order valence-corrected chi connectivity index (χ2v) is 16.8. The summed E-state index contributed by atoms with van der Waals surface area (Å²) in [5.41, 5.74) is 9.57. The molecule has 15 nitrogen and oxygen atoms in total. The number of aromatic amines is 1. The molecule has 57 heavy (non-hydrogen) atoms. The van der Waals surface area contributed by atoms with E-state index in [0.717, 1.165) is 27.8 Å². The number of amides is 5. The van der Waals surface area contributed by atoms with Gasteiger partial charge < -0.3 is 36.5 Å². The van der Waals surface area contributed by atoms with Gasteiger partial charge in [-0.3, -0.25) is 38.2 Å². The molecule has 5 amide bonds. The Kier molecular flexibility index (Phi) is 11.8. The third kappa shape index (κ3) is 9.01. The van der Waals surface area contributed by atoms with Crippen LogP contribution < -0.4 is 26.6 Å². The summed E-state index contributed by atoms with van der Waals surface area (Å²) in [7, 11) is -5.03. The molecule has 4 aromatic rings. The minimum atomic E-state index is -5.03. The van der Waals surface area contributed by atoms with Gasteiger partial charge in [0.1, 0.15) is 23.8 Å². The summed E-state index contributed by atoms with van der Waals surface area (Å²) in [6.45, 7) is 8.44. The number of aromatic nitrogens is 1. The van der Waals surface area contributed by atoms with Crippen LogP contribution in [0.5, 0.6) is 0 Å². The van der Waals surface area contributed by atoms with Crippen LogP contribution in [0.1, 0.15) is 107 Å². The van der Waals surface area contributed by atoms with Gasteiger partial charge >= 0.3 is 7.60 Å². The van der Waals surface area contributed by atoms with Gasteiger partial charge in [-0.1, -0.05) is 64.1 Å². The van der Waals surface area contributed by atoms with Crippen molar-refractivity contribution in [2.24, 2.45) is 5.73 Å². The molecule has 0 spiro atoms. The standard InChI is InChI=1S/C41H47N6O9P/c1-21(2)24-7-5-23(6-8-24)20-43-37(49)31(13-14-35(42)48)45-39(51)34-19-29-17-27(22(3)4)15-25-9-12-32(40(52)47(34)36(25)29)46-38(50)33-18-28-16-26(10-11-30(28)44-33)41(53)57(54,55)56/h5-8,10-11,15-18,21-22,31-32,34,44H,9,12-14,19-20H2,1-4H3,(H2,42,48)(H,43,49)(H,45,51)(H,46,50)(H2,54,55,56)/t31-,32-,34-/m0/s1. The van der Waals surface area contributed by atoms with Crippen LogP contribution in [0.15, 0.2) is 60.7 Å². The lowest BCUT2D eigenvalue weighted by Crippen LogP contribution is -2.57. The van der Waals surface area contributed by atoms with E-state index in [1.54, 1.807) is 0 Å². The van der Waals surface area contributed by atoms with Crippen molar-refractivity contribution in [1.29, 1.82) is 0 Å². The molecule has 0 fully saturated rings. The number of anilines is 1. The number of hydrogen-bond donors (Lipinski definition) is 7. The van der Waals surface area contributed by atoms with E-state index in [1.807, 2.05) is 50.2 Å². The van der Waals surface area contributed by atoms with Gasteiger partial charge in [0.25, 0.3) is 11.4 Å². The van der Waals surface area contributed by atoms with Crippen molar-refractivity contribution in [1.82, 2.24) is 20.9 Å². The molecule has 2 aliphatic rings.